The fraction of sp³-hybridized carbons (Fsp3) is 0.300. The monoisotopic (exact) mass is 356 g/mol. The first-order valence-electron chi connectivity index (χ1n) is 8.39. The maximum absolute atomic E-state index is 12.9. The van der Waals surface area contributed by atoms with E-state index in [1.54, 1.807) is 17.0 Å². The average Bonchev–Trinajstić information content (AvgIpc) is 2.70. The minimum atomic E-state index is -0.321. The van der Waals surface area contributed by atoms with Crippen molar-refractivity contribution in [3.8, 4) is 0 Å². The number of fused-ring (bicyclic) bond motifs is 1. The van der Waals surface area contributed by atoms with Crippen LogP contribution in [0.4, 0.5) is 5.69 Å². The van der Waals surface area contributed by atoms with Crippen LogP contribution in [0.25, 0.3) is 0 Å². The van der Waals surface area contributed by atoms with E-state index in [4.69, 9.17) is 11.6 Å². The molecule has 0 aromatic heterocycles. The molecule has 1 aliphatic rings. The quantitative estimate of drug-likeness (QED) is 0.893. The molecule has 130 valence electrons. The van der Waals surface area contributed by atoms with Crippen molar-refractivity contribution in [2.24, 2.45) is 5.92 Å². The Morgan fingerprint density at radius 2 is 1.96 bits per heavy atom. The number of anilines is 1. The summed E-state index contributed by atoms with van der Waals surface area (Å²) in [4.78, 5) is 26.9. The van der Waals surface area contributed by atoms with Crippen molar-refractivity contribution in [2.45, 2.75) is 26.3 Å². The number of benzene rings is 2. The summed E-state index contributed by atoms with van der Waals surface area (Å²) in [5, 5.41) is 3.43. The first-order chi connectivity index (χ1) is 12.0. The average molecular weight is 357 g/mol. The first kappa shape index (κ1) is 17.5. The van der Waals surface area contributed by atoms with Crippen LogP contribution in [0.5, 0.6) is 0 Å². The fourth-order valence-electron chi connectivity index (χ4n) is 3.17. The number of hydrogen-bond acceptors (Lipinski definition) is 2. The van der Waals surface area contributed by atoms with Gasteiger partial charge in [0.25, 0.3) is 0 Å². The smallest absolute Gasteiger partial charge is 0.244 e. The maximum Gasteiger partial charge on any atom is 0.244 e. The Hall–Kier alpha value is -2.33. The highest BCUT2D eigenvalue weighted by Gasteiger charge is 2.33. The van der Waals surface area contributed by atoms with Crippen LogP contribution in [0.15, 0.2) is 48.5 Å². The topological polar surface area (TPSA) is 49.4 Å². The molecule has 1 N–H and O–H groups in total. The van der Waals surface area contributed by atoms with Gasteiger partial charge in [0.1, 0.15) is 6.54 Å². The molecule has 0 saturated carbocycles. The molecule has 25 heavy (non-hydrogen) atoms. The summed E-state index contributed by atoms with van der Waals surface area (Å²) in [7, 11) is 0. The van der Waals surface area contributed by atoms with Gasteiger partial charge in [0.2, 0.25) is 11.8 Å². The van der Waals surface area contributed by atoms with Gasteiger partial charge in [-0.15, -0.1) is 0 Å². The zero-order chi connectivity index (χ0) is 18.0. The largest absolute Gasteiger partial charge is 0.324 e. The Labute approximate surface area is 152 Å². The molecule has 1 unspecified atom stereocenters. The summed E-state index contributed by atoms with van der Waals surface area (Å²) in [5.41, 5.74) is 2.50. The molecule has 0 saturated heterocycles. The summed E-state index contributed by atoms with van der Waals surface area (Å²) in [6.07, 6.45) is 0.402. The summed E-state index contributed by atoms with van der Waals surface area (Å²) in [6, 6.07) is 14.9. The highest BCUT2D eigenvalue weighted by molar-refractivity contribution is 6.31. The number of amides is 2. The Morgan fingerprint density at radius 1 is 1.24 bits per heavy atom. The van der Waals surface area contributed by atoms with Crippen LogP contribution in [0.2, 0.25) is 5.02 Å². The van der Waals surface area contributed by atoms with Gasteiger partial charge in [-0.2, -0.15) is 0 Å². The number of nitrogens with one attached hydrogen (secondary N) is 1. The van der Waals surface area contributed by atoms with Crippen LogP contribution in [-0.2, 0) is 9.59 Å². The van der Waals surface area contributed by atoms with Crippen molar-refractivity contribution in [1.82, 2.24) is 4.90 Å². The number of hydrogen-bond donors (Lipinski definition) is 1. The van der Waals surface area contributed by atoms with Gasteiger partial charge in [-0.05, 0) is 23.6 Å². The van der Waals surface area contributed by atoms with Crippen LogP contribution >= 0.6 is 11.6 Å². The van der Waals surface area contributed by atoms with E-state index in [9.17, 15) is 9.59 Å². The van der Waals surface area contributed by atoms with E-state index in [-0.39, 0.29) is 30.3 Å². The molecule has 3 rings (SSSR count). The molecule has 2 amide bonds. The van der Waals surface area contributed by atoms with Gasteiger partial charge in [0.05, 0.1) is 6.04 Å². The minimum absolute atomic E-state index is 0.0252. The minimum Gasteiger partial charge on any atom is -0.324 e. The van der Waals surface area contributed by atoms with E-state index in [0.29, 0.717) is 17.1 Å². The van der Waals surface area contributed by atoms with Crippen molar-refractivity contribution >= 4 is 29.1 Å². The third-order valence-corrected chi connectivity index (χ3v) is 4.46. The molecule has 0 radical (unpaired) electrons. The molecular weight excluding hydrogens is 336 g/mol. The van der Waals surface area contributed by atoms with Gasteiger partial charge < -0.3 is 10.2 Å². The molecule has 1 aliphatic heterocycles. The van der Waals surface area contributed by atoms with Crippen LogP contribution < -0.4 is 5.32 Å². The summed E-state index contributed by atoms with van der Waals surface area (Å²) >= 11 is 6.11. The third-order valence-electron chi connectivity index (χ3n) is 4.23. The van der Waals surface area contributed by atoms with E-state index >= 15 is 0 Å². The molecule has 1 heterocycles. The number of carbonyl (C=O) groups is 2. The van der Waals surface area contributed by atoms with Crippen LogP contribution in [0.1, 0.15) is 37.4 Å². The molecular formula is C20H21ClN2O2. The van der Waals surface area contributed by atoms with Gasteiger partial charge in [-0.1, -0.05) is 61.8 Å². The van der Waals surface area contributed by atoms with E-state index in [1.165, 1.54) is 0 Å². The molecule has 2 aromatic carbocycles. The predicted molar refractivity (Wildman–Crippen MR) is 99.5 cm³/mol. The molecule has 0 spiro atoms. The van der Waals surface area contributed by atoms with Gasteiger partial charge in [0.15, 0.2) is 0 Å². The van der Waals surface area contributed by atoms with Crippen molar-refractivity contribution < 1.29 is 9.59 Å². The van der Waals surface area contributed by atoms with Gasteiger partial charge in [-0.25, -0.2) is 0 Å². The van der Waals surface area contributed by atoms with Crippen molar-refractivity contribution in [2.75, 3.05) is 11.9 Å². The van der Waals surface area contributed by atoms with E-state index in [2.05, 4.69) is 5.32 Å². The summed E-state index contributed by atoms with van der Waals surface area (Å²) in [6.45, 7) is 4.03. The second-order valence-electron chi connectivity index (χ2n) is 6.71. The van der Waals surface area contributed by atoms with Crippen LogP contribution in [-0.4, -0.2) is 23.3 Å². The Kier molecular flexibility index (Phi) is 5.09. The Bertz CT molecular complexity index is 790. The lowest BCUT2D eigenvalue weighted by Gasteiger charge is -2.31. The highest BCUT2D eigenvalue weighted by atomic mass is 35.5. The van der Waals surface area contributed by atoms with Gasteiger partial charge >= 0.3 is 0 Å². The normalized spacial score (nSPS) is 17.0. The van der Waals surface area contributed by atoms with E-state index in [1.807, 2.05) is 50.2 Å². The standard InChI is InChI=1S/C20H21ClN2O2/c1-13(2)10-19(25)23-12-18(24)22-17-11-15(21)8-9-16(17)20(23)14-6-4-3-5-7-14/h3-9,11,13,20H,10,12H2,1-2H3,(H,22,24). The zero-order valence-electron chi connectivity index (χ0n) is 14.3. The van der Waals surface area contributed by atoms with Gasteiger partial charge in [0, 0.05) is 22.7 Å². The molecule has 0 aliphatic carbocycles. The lowest BCUT2D eigenvalue weighted by molar-refractivity contribution is -0.136. The van der Waals surface area contributed by atoms with Gasteiger partial charge in [-0.3, -0.25) is 9.59 Å². The number of halogens is 1. The Balaban J connectivity index is 2.14. The fourth-order valence-corrected chi connectivity index (χ4v) is 3.34. The highest BCUT2D eigenvalue weighted by Crippen LogP contribution is 2.37. The first-order valence-corrected chi connectivity index (χ1v) is 8.77. The third kappa shape index (κ3) is 3.85. The second-order valence-corrected chi connectivity index (χ2v) is 7.15. The van der Waals surface area contributed by atoms with Crippen molar-refractivity contribution in [1.29, 1.82) is 0 Å². The Morgan fingerprint density at radius 3 is 2.64 bits per heavy atom. The molecule has 4 nitrogen and oxygen atoms in total. The lowest BCUT2D eigenvalue weighted by Crippen LogP contribution is -2.39. The number of rotatable bonds is 3. The van der Waals surface area contributed by atoms with Crippen LogP contribution in [0.3, 0.4) is 0 Å². The molecule has 2 aromatic rings. The molecule has 1 atom stereocenters. The predicted octanol–water partition coefficient (Wildman–Crippen LogP) is 4.26. The maximum atomic E-state index is 12.9. The molecule has 5 heteroatoms. The van der Waals surface area contributed by atoms with E-state index < -0.39 is 0 Å². The van der Waals surface area contributed by atoms with E-state index in [0.717, 1.165) is 11.1 Å². The zero-order valence-corrected chi connectivity index (χ0v) is 15.1. The molecule has 0 bridgehead atoms. The summed E-state index contributed by atoms with van der Waals surface area (Å²) in [5.74, 6) is -0.0132. The van der Waals surface area contributed by atoms with Crippen molar-refractivity contribution in [3.05, 3.63) is 64.7 Å². The SMILES string of the molecule is CC(C)CC(=O)N1CC(=O)Nc2cc(Cl)ccc2C1c1ccccc1. The lowest BCUT2D eigenvalue weighted by atomic mass is 9.95. The van der Waals surface area contributed by atoms with Crippen molar-refractivity contribution in [3.63, 3.8) is 0 Å². The molecule has 0 fully saturated rings. The number of nitrogens with zero attached hydrogens (tertiary/aromatic N) is 1. The van der Waals surface area contributed by atoms with Crippen LogP contribution in [0, 0.1) is 5.92 Å². The summed E-state index contributed by atoms with van der Waals surface area (Å²) < 4.78 is 0. The number of carbonyl (C=O) groups excluding carboxylic acids is 2. The second kappa shape index (κ2) is 7.28.